The van der Waals surface area contributed by atoms with Crippen LogP contribution >= 0.6 is 0 Å². The highest BCUT2D eigenvalue weighted by molar-refractivity contribution is 6.99. The van der Waals surface area contributed by atoms with Gasteiger partial charge in [-0.2, -0.15) is 0 Å². The average molecular weight is 294 g/mol. The molecule has 0 radical (unpaired) electrons. The smallest absolute Gasteiger partial charge is 0.138 e. The maximum absolute atomic E-state index is 2.77. The maximum Gasteiger partial charge on any atom is 0.138 e. The number of anilines is 1. The lowest BCUT2D eigenvalue weighted by Gasteiger charge is -2.46. The Balaban J connectivity index is 3.20. The second kappa shape index (κ2) is 5.09. The Morgan fingerprint density at radius 1 is 0.737 bits per heavy atom. The molecule has 1 aromatic carbocycles. The predicted octanol–water partition coefficient (Wildman–Crippen LogP) is 5.46. The van der Waals surface area contributed by atoms with Crippen molar-refractivity contribution in [2.75, 3.05) is 4.23 Å². The van der Waals surface area contributed by atoms with Crippen molar-refractivity contribution in [2.24, 2.45) is 0 Å². The molecule has 0 heterocycles. The van der Waals surface area contributed by atoms with E-state index in [4.69, 9.17) is 0 Å². The molecule has 19 heavy (non-hydrogen) atoms. The molecule has 1 rings (SSSR count). The van der Waals surface area contributed by atoms with Crippen molar-refractivity contribution in [3.8, 4) is 0 Å². The summed E-state index contributed by atoms with van der Waals surface area (Å²) in [6.07, 6.45) is 0. The van der Waals surface area contributed by atoms with E-state index in [0.29, 0.717) is 0 Å². The quantitative estimate of drug-likeness (QED) is 0.669. The normalized spacial score (nSPS) is 13.5. The van der Waals surface area contributed by atoms with Crippen molar-refractivity contribution >= 4 is 22.2 Å². The van der Waals surface area contributed by atoms with Crippen LogP contribution in [0.15, 0.2) is 24.3 Å². The zero-order chi connectivity index (χ0) is 15.1. The monoisotopic (exact) mass is 293 g/mol. The van der Waals surface area contributed by atoms with Crippen LogP contribution in [0.5, 0.6) is 0 Å². The minimum Gasteiger partial charge on any atom is -0.425 e. The van der Waals surface area contributed by atoms with E-state index in [2.05, 4.69) is 88.5 Å². The van der Waals surface area contributed by atoms with Crippen molar-refractivity contribution in [1.82, 2.24) is 0 Å². The lowest BCUT2D eigenvalue weighted by molar-refractivity contribution is 0.590. The van der Waals surface area contributed by atoms with Crippen LogP contribution in [-0.4, -0.2) is 16.5 Å². The van der Waals surface area contributed by atoms with E-state index >= 15 is 0 Å². The summed E-state index contributed by atoms with van der Waals surface area (Å²) in [5.74, 6) is 0. The van der Waals surface area contributed by atoms with Gasteiger partial charge in [0.05, 0.1) is 0 Å². The first-order chi connectivity index (χ1) is 8.33. The molecule has 0 unspecified atom stereocenters. The first kappa shape index (κ1) is 16.5. The number of hydrogen-bond donors (Lipinski definition) is 0. The Labute approximate surface area is 122 Å². The molecule has 0 bridgehead atoms. The lowest BCUT2D eigenvalue weighted by Crippen LogP contribution is -2.59. The molecule has 0 saturated heterocycles. The van der Waals surface area contributed by atoms with Crippen molar-refractivity contribution < 1.29 is 0 Å². The molecule has 3 heteroatoms. The molecule has 1 aromatic rings. The SMILES string of the molecule is CC(C)(C)c1ccc(N([Si](C)(C)C)[Si](C)(C)C)cc1. The number of hydrogen-bond acceptors (Lipinski definition) is 1. The highest BCUT2D eigenvalue weighted by atomic mass is 28.4. The standard InChI is InChI=1S/C16H31NSi2/c1-16(2,3)14-10-12-15(13-11-14)17(18(4,5)6)19(7,8)9/h10-13H,1-9H3. The van der Waals surface area contributed by atoms with Crippen LogP contribution in [0.3, 0.4) is 0 Å². The van der Waals surface area contributed by atoms with Crippen molar-refractivity contribution in [1.29, 1.82) is 0 Å². The van der Waals surface area contributed by atoms with Crippen LogP contribution in [0.1, 0.15) is 26.3 Å². The summed E-state index contributed by atoms with van der Waals surface area (Å²) >= 11 is 0. The van der Waals surface area contributed by atoms with Gasteiger partial charge in [-0.1, -0.05) is 72.2 Å². The first-order valence-corrected chi connectivity index (χ1v) is 14.1. The molecule has 0 N–H and O–H groups in total. The van der Waals surface area contributed by atoms with Crippen LogP contribution in [0, 0.1) is 0 Å². The molecule has 0 aliphatic heterocycles. The van der Waals surface area contributed by atoms with E-state index in [1.807, 2.05) is 0 Å². The summed E-state index contributed by atoms with van der Waals surface area (Å²) in [4.78, 5) is 0. The minimum absolute atomic E-state index is 0.238. The van der Waals surface area contributed by atoms with Crippen LogP contribution in [0.4, 0.5) is 5.69 Å². The van der Waals surface area contributed by atoms with Gasteiger partial charge in [-0.15, -0.1) is 0 Å². The molecule has 0 aromatic heterocycles. The molecule has 0 fully saturated rings. The Bertz CT molecular complexity index is 402. The number of benzene rings is 1. The van der Waals surface area contributed by atoms with Crippen molar-refractivity contribution in [2.45, 2.75) is 65.5 Å². The number of nitrogens with zero attached hydrogens (tertiary/aromatic N) is 1. The average Bonchev–Trinajstić information content (AvgIpc) is 2.12. The fraction of sp³-hybridized carbons (Fsp3) is 0.625. The third kappa shape index (κ3) is 4.21. The molecule has 108 valence electrons. The van der Waals surface area contributed by atoms with Gasteiger partial charge >= 0.3 is 0 Å². The summed E-state index contributed by atoms with van der Waals surface area (Å²) in [5.41, 5.74) is 3.08. The summed E-state index contributed by atoms with van der Waals surface area (Å²) in [5, 5.41) is 0. The molecule has 0 atom stereocenters. The summed E-state index contributed by atoms with van der Waals surface area (Å²) < 4.78 is 2.77. The van der Waals surface area contributed by atoms with E-state index in [1.54, 1.807) is 0 Å². The van der Waals surface area contributed by atoms with Gasteiger partial charge in [-0.3, -0.25) is 0 Å². The zero-order valence-electron chi connectivity index (χ0n) is 14.3. The van der Waals surface area contributed by atoms with Gasteiger partial charge in [-0.25, -0.2) is 0 Å². The predicted molar refractivity (Wildman–Crippen MR) is 94.3 cm³/mol. The van der Waals surface area contributed by atoms with Gasteiger partial charge < -0.3 is 4.23 Å². The Kier molecular flexibility index (Phi) is 4.43. The number of rotatable bonds is 3. The Hall–Kier alpha value is -0.546. The van der Waals surface area contributed by atoms with Crippen LogP contribution < -0.4 is 4.23 Å². The molecule has 0 amide bonds. The van der Waals surface area contributed by atoms with Gasteiger partial charge in [0.2, 0.25) is 0 Å². The highest BCUT2D eigenvalue weighted by Gasteiger charge is 2.34. The topological polar surface area (TPSA) is 3.24 Å². The molecule has 1 nitrogen and oxygen atoms in total. The summed E-state index contributed by atoms with van der Waals surface area (Å²) in [7, 11) is -2.66. The van der Waals surface area contributed by atoms with Crippen molar-refractivity contribution in [3.63, 3.8) is 0 Å². The molecular formula is C16H31NSi2. The minimum atomic E-state index is -1.33. The van der Waals surface area contributed by atoms with Gasteiger partial charge in [0.1, 0.15) is 16.5 Å². The van der Waals surface area contributed by atoms with Crippen LogP contribution in [-0.2, 0) is 5.41 Å². The highest BCUT2D eigenvalue weighted by Crippen LogP contribution is 2.30. The molecule has 0 saturated carbocycles. The zero-order valence-corrected chi connectivity index (χ0v) is 16.3. The molecule has 0 aliphatic carbocycles. The lowest BCUT2D eigenvalue weighted by atomic mass is 9.87. The van der Waals surface area contributed by atoms with E-state index in [0.717, 1.165) is 0 Å². The van der Waals surface area contributed by atoms with Gasteiger partial charge in [-0.05, 0) is 23.1 Å². The third-order valence-electron chi connectivity index (χ3n) is 3.33. The summed E-state index contributed by atoms with van der Waals surface area (Å²) in [6.45, 7) is 21.5. The van der Waals surface area contributed by atoms with Gasteiger partial charge in [0, 0.05) is 5.69 Å². The molecule has 0 aliphatic rings. The van der Waals surface area contributed by atoms with E-state index < -0.39 is 16.5 Å². The van der Waals surface area contributed by atoms with Crippen LogP contribution in [0.2, 0.25) is 39.3 Å². The van der Waals surface area contributed by atoms with E-state index in [9.17, 15) is 0 Å². The maximum atomic E-state index is 2.77. The van der Waals surface area contributed by atoms with Gasteiger partial charge in [0.15, 0.2) is 0 Å². The van der Waals surface area contributed by atoms with Crippen molar-refractivity contribution in [3.05, 3.63) is 29.8 Å². The van der Waals surface area contributed by atoms with E-state index in [1.165, 1.54) is 11.3 Å². The second-order valence-corrected chi connectivity index (χ2v) is 18.5. The largest absolute Gasteiger partial charge is 0.425 e. The molecular weight excluding hydrogens is 262 g/mol. The fourth-order valence-electron chi connectivity index (χ4n) is 2.89. The first-order valence-electron chi connectivity index (χ1n) is 7.24. The second-order valence-electron chi connectivity index (χ2n) is 8.47. The molecule has 0 spiro atoms. The van der Waals surface area contributed by atoms with Gasteiger partial charge in [0.25, 0.3) is 0 Å². The Morgan fingerprint density at radius 3 is 1.37 bits per heavy atom. The summed E-state index contributed by atoms with van der Waals surface area (Å²) in [6, 6.07) is 9.28. The van der Waals surface area contributed by atoms with Crippen LogP contribution in [0.25, 0.3) is 0 Å². The van der Waals surface area contributed by atoms with E-state index in [-0.39, 0.29) is 5.41 Å². The third-order valence-corrected chi connectivity index (χ3v) is 10.6. The Morgan fingerprint density at radius 2 is 1.11 bits per heavy atom. The fourth-order valence-corrected chi connectivity index (χ4v) is 12.8.